The van der Waals surface area contributed by atoms with Gasteiger partial charge >= 0.3 is 0 Å². The molecule has 2 aromatic carbocycles. The molecule has 0 fully saturated rings. The van der Waals surface area contributed by atoms with E-state index in [-0.39, 0.29) is 23.5 Å². The van der Waals surface area contributed by atoms with Crippen LogP contribution in [0.15, 0.2) is 75.5 Å². The third-order valence-corrected chi connectivity index (χ3v) is 7.31. The molecule has 2 N–H and O–H groups in total. The van der Waals surface area contributed by atoms with Gasteiger partial charge in [-0.15, -0.1) is 0 Å². The van der Waals surface area contributed by atoms with E-state index in [9.17, 15) is 22.0 Å². The molecule has 0 aliphatic carbocycles. The number of fused-ring (bicyclic) bond motifs is 2. The van der Waals surface area contributed by atoms with Gasteiger partial charge < -0.3 is 10.3 Å². The highest BCUT2D eigenvalue weighted by molar-refractivity contribution is 7.91. The number of pyridine rings is 1. The van der Waals surface area contributed by atoms with E-state index < -0.39 is 36.8 Å². The molecule has 0 aliphatic heterocycles. The van der Waals surface area contributed by atoms with Gasteiger partial charge in [0, 0.05) is 47.0 Å². The summed E-state index contributed by atoms with van der Waals surface area (Å²) in [4.78, 5) is 23.7. The van der Waals surface area contributed by atoms with E-state index in [1.807, 2.05) is 37.4 Å². The molecule has 0 aliphatic rings. The van der Waals surface area contributed by atoms with Crippen LogP contribution in [-0.2, 0) is 16.4 Å². The first-order chi connectivity index (χ1) is 16.8. The van der Waals surface area contributed by atoms with Crippen molar-refractivity contribution in [2.24, 2.45) is 0 Å². The standard InChI is InChI=1S/C24H19F2N5O3S/c1-2-9-31-22-15(11-21(23(31)32)35(33,34)20-6-3-16(25)12-18(20)26)13-28-24(30-22)29-17-4-5-19-14(10-17)7-8-27-19/h3-8,10-13,27H,2,9H2,1H3,(H,28,29,30). The molecule has 0 unspecified atom stereocenters. The van der Waals surface area contributed by atoms with Gasteiger partial charge in [-0.2, -0.15) is 4.98 Å². The van der Waals surface area contributed by atoms with Crippen LogP contribution in [0.1, 0.15) is 13.3 Å². The molecule has 0 radical (unpaired) electrons. The van der Waals surface area contributed by atoms with Gasteiger partial charge in [0.2, 0.25) is 15.8 Å². The number of hydrogen-bond acceptors (Lipinski definition) is 6. The van der Waals surface area contributed by atoms with Gasteiger partial charge in [-0.05, 0) is 48.9 Å². The predicted octanol–water partition coefficient (Wildman–Crippen LogP) is 4.54. The predicted molar refractivity (Wildman–Crippen MR) is 127 cm³/mol. The molecule has 0 saturated heterocycles. The lowest BCUT2D eigenvalue weighted by molar-refractivity contribution is 0.547. The van der Waals surface area contributed by atoms with Gasteiger partial charge in [0.15, 0.2) is 0 Å². The molecule has 5 aromatic rings. The fraction of sp³-hybridized carbons (Fsp3) is 0.125. The summed E-state index contributed by atoms with van der Waals surface area (Å²) >= 11 is 0. The van der Waals surface area contributed by atoms with Crippen molar-refractivity contribution in [3.63, 3.8) is 0 Å². The van der Waals surface area contributed by atoms with E-state index >= 15 is 0 Å². The fourth-order valence-corrected chi connectivity index (χ4v) is 5.31. The number of benzene rings is 2. The average Bonchev–Trinajstić information content (AvgIpc) is 3.28. The molecule has 0 atom stereocenters. The topological polar surface area (TPSA) is 110 Å². The fourth-order valence-electron chi connectivity index (χ4n) is 3.89. The molecule has 0 bridgehead atoms. The zero-order valence-corrected chi connectivity index (χ0v) is 19.2. The number of rotatable bonds is 6. The zero-order chi connectivity index (χ0) is 24.7. The normalized spacial score (nSPS) is 11.9. The summed E-state index contributed by atoms with van der Waals surface area (Å²) in [5.74, 6) is -1.98. The number of aromatic amines is 1. The number of aromatic nitrogens is 4. The molecular formula is C24H19F2N5O3S. The number of anilines is 2. The number of aryl methyl sites for hydroxylation is 1. The Balaban J connectivity index is 1.63. The van der Waals surface area contributed by atoms with Crippen molar-refractivity contribution in [2.75, 3.05) is 5.32 Å². The van der Waals surface area contributed by atoms with E-state index in [2.05, 4.69) is 20.3 Å². The van der Waals surface area contributed by atoms with Crippen LogP contribution in [0.4, 0.5) is 20.4 Å². The van der Waals surface area contributed by atoms with E-state index in [0.717, 1.165) is 34.8 Å². The van der Waals surface area contributed by atoms with Crippen molar-refractivity contribution in [3.05, 3.63) is 82.9 Å². The summed E-state index contributed by atoms with van der Waals surface area (Å²) in [6.45, 7) is 2.00. The van der Waals surface area contributed by atoms with Crippen molar-refractivity contribution >= 4 is 43.4 Å². The molecule has 0 spiro atoms. The highest BCUT2D eigenvalue weighted by Crippen LogP contribution is 2.25. The molecule has 3 aromatic heterocycles. The van der Waals surface area contributed by atoms with Crippen LogP contribution in [0.25, 0.3) is 21.9 Å². The van der Waals surface area contributed by atoms with E-state index in [1.165, 1.54) is 10.8 Å². The minimum atomic E-state index is -4.57. The molecule has 11 heteroatoms. The highest BCUT2D eigenvalue weighted by Gasteiger charge is 2.27. The Morgan fingerprint density at radius 3 is 2.63 bits per heavy atom. The first-order valence-corrected chi connectivity index (χ1v) is 12.2. The summed E-state index contributed by atoms with van der Waals surface area (Å²) in [7, 11) is -4.57. The van der Waals surface area contributed by atoms with Gasteiger partial charge in [-0.3, -0.25) is 9.36 Å². The summed E-state index contributed by atoms with van der Waals surface area (Å²) in [5, 5.41) is 4.37. The molecule has 8 nitrogen and oxygen atoms in total. The summed E-state index contributed by atoms with van der Waals surface area (Å²) < 4.78 is 55.1. The highest BCUT2D eigenvalue weighted by atomic mass is 32.2. The maximum Gasteiger partial charge on any atom is 0.271 e. The van der Waals surface area contributed by atoms with Gasteiger partial charge in [-0.25, -0.2) is 22.2 Å². The maximum atomic E-state index is 14.3. The molecule has 3 heterocycles. The molecule has 35 heavy (non-hydrogen) atoms. The Bertz CT molecular complexity index is 1760. The van der Waals surface area contributed by atoms with E-state index in [4.69, 9.17) is 0 Å². The lowest BCUT2D eigenvalue weighted by Crippen LogP contribution is -2.27. The smallest absolute Gasteiger partial charge is 0.271 e. The van der Waals surface area contributed by atoms with Crippen LogP contribution in [0, 0.1) is 11.6 Å². The molecule has 0 amide bonds. The second-order valence-corrected chi connectivity index (χ2v) is 9.81. The van der Waals surface area contributed by atoms with Gasteiger partial charge in [0.1, 0.15) is 27.1 Å². The summed E-state index contributed by atoms with van der Waals surface area (Å²) in [5.41, 5.74) is 1.09. The first kappa shape index (κ1) is 22.7. The second kappa shape index (κ2) is 8.58. The Morgan fingerprint density at radius 1 is 1.03 bits per heavy atom. The third kappa shape index (κ3) is 4.03. The lowest BCUT2D eigenvalue weighted by atomic mass is 10.2. The molecule has 5 rings (SSSR count). The number of nitrogens with zero attached hydrogens (tertiary/aromatic N) is 3. The summed E-state index contributed by atoms with van der Waals surface area (Å²) in [6.07, 6.45) is 3.74. The lowest BCUT2D eigenvalue weighted by Gasteiger charge is -2.13. The van der Waals surface area contributed by atoms with Gasteiger partial charge in [0.25, 0.3) is 5.56 Å². The minimum absolute atomic E-state index is 0.177. The minimum Gasteiger partial charge on any atom is -0.361 e. The number of nitrogens with one attached hydrogen (secondary N) is 2. The van der Waals surface area contributed by atoms with Crippen LogP contribution in [0.5, 0.6) is 0 Å². The van der Waals surface area contributed by atoms with Crippen LogP contribution in [0.3, 0.4) is 0 Å². The Labute approximate surface area is 198 Å². The number of halogens is 2. The Hall–Kier alpha value is -4.12. The number of H-pyrrole nitrogens is 1. The van der Waals surface area contributed by atoms with Crippen LogP contribution >= 0.6 is 0 Å². The van der Waals surface area contributed by atoms with Crippen molar-refractivity contribution in [2.45, 2.75) is 29.7 Å². The maximum absolute atomic E-state index is 14.3. The largest absolute Gasteiger partial charge is 0.361 e. The van der Waals surface area contributed by atoms with E-state index in [0.29, 0.717) is 12.5 Å². The van der Waals surface area contributed by atoms with Crippen LogP contribution in [-0.4, -0.2) is 27.9 Å². The van der Waals surface area contributed by atoms with Gasteiger partial charge in [-0.1, -0.05) is 6.92 Å². The second-order valence-electron chi connectivity index (χ2n) is 7.92. The molecule has 0 saturated carbocycles. The number of hydrogen-bond donors (Lipinski definition) is 2. The zero-order valence-electron chi connectivity index (χ0n) is 18.4. The van der Waals surface area contributed by atoms with Crippen molar-refractivity contribution in [1.82, 2.24) is 19.5 Å². The average molecular weight is 496 g/mol. The Kier molecular flexibility index (Phi) is 5.56. The van der Waals surface area contributed by atoms with Crippen LogP contribution in [0.2, 0.25) is 0 Å². The van der Waals surface area contributed by atoms with Crippen LogP contribution < -0.4 is 10.9 Å². The van der Waals surface area contributed by atoms with Crippen molar-refractivity contribution in [3.8, 4) is 0 Å². The third-order valence-electron chi connectivity index (χ3n) is 5.52. The monoisotopic (exact) mass is 495 g/mol. The summed E-state index contributed by atoms with van der Waals surface area (Å²) in [6, 6.07) is 10.8. The number of sulfone groups is 1. The SMILES string of the molecule is CCCn1c(=O)c(S(=O)(=O)c2ccc(F)cc2F)cc2cnc(Nc3ccc4[nH]ccc4c3)nc21. The first-order valence-electron chi connectivity index (χ1n) is 10.7. The molecule has 178 valence electrons. The van der Waals surface area contributed by atoms with E-state index in [1.54, 1.807) is 0 Å². The quantitative estimate of drug-likeness (QED) is 0.335. The Morgan fingerprint density at radius 2 is 1.86 bits per heavy atom. The van der Waals surface area contributed by atoms with Crippen molar-refractivity contribution < 1.29 is 17.2 Å². The molecular weight excluding hydrogens is 476 g/mol. The van der Waals surface area contributed by atoms with Gasteiger partial charge in [0.05, 0.1) is 0 Å². The van der Waals surface area contributed by atoms with Crippen molar-refractivity contribution in [1.29, 1.82) is 0 Å².